The van der Waals surface area contributed by atoms with Crippen molar-refractivity contribution in [1.29, 1.82) is 0 Å². The van der Waals surface area contributed by atoms with Crippen molar-refractivity contribution in [3.05, 3.63) is 40.3 Å². The van der Waals surface area contributed by atoms with Crippen molar-refractivity contribution in [1.82, 2.24) is 9.71 Å². The summed E-state index contributed by atoms with van der Waals surface area (Å²) in [5.74, 6) is 0.574. The molecule has 1 unspecified atom stereocenters. The molecule has 0 aliphatic heterocycles. The fraction of sp³-hybridized carbons (Fsp3) is 0.308. The zero-order valence-corrected chi connectivity index (χ0v) is 13.4. The summed E-state index contributed by atoms with van der Waals surface area (Å²) in [6.45, 7) is 1.96. The van der Waals surface area contributed by atoms with Crippen LogP contribution in [0.15, 0.2) is 34.7 Å². The van der Waals surface area contributed by atoms with Crippen molar-refractivity contribution < 1.29 is 13.2 Å². The molecule has 1 atom stereocenters. The van der Waals surface area contributed by atoms with E-state index in [-0.39, 0.29) is 11.4 Å². The van der Waals surface area contributed by atoms with Crippen LogP contribution in [0, 0.1) is 0 Å². The Bertz CT molecular complexity index is 699. The topological polar surface area (TPSA) is 94.3 Å². The first-order valence-corrected chi connectivity index (χ1v) is 8.63. The van der Waals surface area contributed by atoms with Crippen LogP contribution in [0.2, 0.25) is 0 Å². The molecule has 0 spiro atoms. The van der Waals surface area contributed by atoms with Gasteiger partial charge in [0.25, 0.3) is 0 Å². The van der Waals surface area contributed by atoms with Gasteiger partial charge in [-0.15, -0.1) is 11.3 Å². The van der Waals surface area contributed by atoms with Crippen molar-refractivity contribution in [2.75, 3.05) is 7.11 Å². The van der Waals surface area contributed by atoms with Crippen LogP contribution in [-0.2, 0) is 16.6 Å². The Morgan fingerprint density at radius 3 is 2.81 bits per heavy atom. The number of nitrogens with two attached hydrogens (primary N) is 1. The number of nitrogens with one attached hydrogen (secondary N) is 1. The van der Waals surface area contributed by atoms with Crippen LogP contribution in [0.4, 0.5) is 0 Å². The third-order valence-electron chi connectivity index (χ3n) is 2.94. The molecule has 1 heterocycles. The van der Waals surface area contributed by atoms with E-state index in [0.717, 1.165) is 0 Å². The maximum absolute atomic E-state index is 12.4. The van der Waals surface area contributed by atoms with Gasteiger partial charge in [-0.05, 0) is 25.1 Å². The maximum atomic E-state index is 12.4. The molecular formula is C13H17N3O3S2. The van der Waals surface area contributed by atoms with E-state index in [2.05, 4.69) is 9.71 Å². The molecule has 1 aromatic heterocycles. The van der Waals surface area contributed by atoms with Crippen LogP contribution in [0.5, 0.6) is 5.75 Å². The molecule has 3 N–H and O–H groups in total. The van der Waals surface area contributed by atoms with Crippen molar-refractivity contribution >= 4 is 21.4 Å². The minimum atomic E-state index is -3.64. The summed E-state index contributed by atoms with van der Waals surface area (Å²) < 4.78 is 32.5. The Hall–Kier alpha value is -1.48. The normalized spacial score (nSPS) is 13.1. The van der Waals surface area contributed by atoms with Crippen molar-refractivity contribution in [3.8, 4) is 5.75 Å². The number of methoxy groups -OCH3 is 1. The first kappa shape index (κ1) is 15.9. The number of hydrogen-bond donors (Lipinski definition) is 2. The average molecular weight is 327 g/mol. The summed E-state index contributed by atoms with van der Waals surface area (Å²) in [4.78, 5) is 4.27. The molecule has 6 nitrogen and oxygen atoms in total. The number of aromatic nitrogens is 1. The molecule has 8 heteroatoms. The molecular weight excluding hydrogens is 310 g/mol. The summed E-state index contributed by atoms with van der Waals surface area (Å²) in [5, 5.41) is 2.52. The van der Waals surface area contributed by atoms with Gasteiger partial charge in [-0.25, -0.2) is 18.1 Å². The zero-order chi connectivity index (χ0) is 15.5. The second kappa shape index (κ2) is 6.52. The summed E-state index contributed by atoms with van der Waals surface area (Å²) in [6.07, 6.45) is 1.64. The van der Waals surface area contributed by atoms with Crippen LogP contribution in [0.1, 0.15) is 23.5 Å². The SMILES string of the molecule is COc1ccc(S(=O)(=O)NC(C)c2nccs2)cc1CN. The number of ether oxygens (including phenoxy) is 1. The van der Waals surface area contributed by atoms with E-state index in [9.17, 15) is 8.42 Å². The lowest BCUT2D eigenvalue weighted by Gasteiger charge is -2.14. The third-order valence-corrected chi connectivity index (χ3v) is 5.43. The molecule has 0 aliphatic rings. The number of benzene rings is 1. The first-order valence-electron chi connectivity index (χ1n) is 6.26. The highest BCUT2D eigenvalue weighted by Gasteiger charge is 2.20. The number of rotatable bonds is 6. The van der Waals surface area contributed by atoms with Gasteiger partial charge < -0.3 is 10.5 Å². The van der Waals surface area contributed by atoms with Gasteiger partial charge in [0, 0.05) is 23.7 Å². The molecule has 2 aromatic rings. The lowest BCUT2D eigenvalue weighted by Crippen LogP contribution is -2.27. The smallest absolute Gasteiger partial charge is 0.241 e. The van der Waals surface area contributed by atoms with Gasteiger partial charge in [0.1, 0.15) is 10.8 Å². The minimum Gasteiger partial charge on any atom is -0.496 e. The predicted molar refractivity (Wildman–Crippen MR) is 81.7 cm³/mol. The summed E-state index contributed by atoms with van der Waals surface area (Å²) in [5.41, 5.74) is 6.25. The van der Waals surface area contributed by atoms with Gasteiger partial charge in [0.2, 0.25) is 10.0 Å². The van der Waals surface area contributed by atoms with Gasteiger partial charge >= 0.3 is 0 Å². The molecule has 0 bridgehead atoms. The quantitative estimate of drug-likeness (QED) is 0.841. The second-order valence-corrected chi connectivity index (χ2v) is 7.03. The molecule has 0 saturated carbocycles. The van der Waals surface area contributed by atoms with Gasteiger partial charge in [0.05, 0.1) is 18.0 Å². The standard InChI is InChI=1S/C13H17N3O3S2/c1-9(13-15-5-6-20-13)16-21(17,18)11-3-4-12(19-2)10(7-11)8-14/h3-7,9,16H,8,14H2,1-2H3. The van der Waals surface area contributed by atoms with Gasteiger partial charge in [0.15, 0.2) is 0 Å². The fourth-order valence-electron chi connectivity index (χ4n) is 1.88. The van der Waals surface area contributed by atoms with E-state index in [1.807, 2.05) is 0 Å². The van der Waals surface area contributed by atoms with E-state index in [4.69, 9.17) is 10.5 Å². The van der Waals surface area contributed by atoms with Crippen LogP contribution in [0.25, 0.3) is 0 Å². The number of sulfonamides is 1. The average Bonchev–Trinajstić information content (AvgIpc) is 3.00. The Balaban J connectivity index is 2.27. The highest BCUT2D eigenvalue weighted by atomic mass is 32.2. The highest BCUT2D eigenvalue weighted by molar-refractivity contribution is 7.89. The van der Waals surface area contributed by atoms with Crippen molar-refractivity contribution in [2.24, 2.45) is 5.73 Å². The Kier molecular flexibility index (Phi) is 4.94. The molecule has 0 saturated heterocycles. The van der Waals surface area contributed by atoms with Crippen LogP contribution < -0.4 is 15.2 Å². The third kappa shape index (κ3) is 3.59. The molecule has 0 aliphatic carbocycles. The first-order chi connectivity index (χ1) is 9.97. The lowest BCUT2D eigenvalue weighted by atomic mass is 10.2. The molecule has 2 rings (SSSR count). The second-order valence-electron chi connectivity index (χ2n) is 4.39. The van der Waals surface area contributed by atoms with E-state index >= 15 is 0 Å². The largest absolute Gasteiger partial charge is 0.496 e. The molecule has 114 valence electrons. The van der Waals surface area contributed by atoms with Crippen LogP contribution in [0.3, 0.4) is 0 Å². The number of thiazole rings is 1. The molecule has 0 radical (unpaired) electrons. The van der Waals surface area contributed by atoms with Gasteiger partial charge in [-0.3, -0.25) is 0 Å². The molecule has 0 amide bonds. The van der Waals surface area contributed by atoms with Gasteiger partial charge in [-0.1, -0.05) is 0 Å². The molecule has 0 fully saturated rings. The molecule has 21 heavy (non-hydrogen) atoms. The maximum Gasteiger partial charge on any atom is 0.241 e. The molecule has 1 aromatic carbocycles. The van der Waals surface area contributed by atoms with E-state index in [0.29, 0.717) is 16.3 Å². The Morgan fingerprint density at radius 2 is 2.24 bits per heavy atom. The zero-order valence-electron chi connectivity index (χ0n) is 11.7. The summed E-state index contributed by atoms with van der Waals surface area (Å²) in [7, 11) is -2.12. The van der Waals surface area contributed by atoms with E-state index < -0.39 is 16.1 Å². The van der Waals surface area contributed by atoms with Crippen LogP contribution in [-0.4, -0.2) is 20.5 Å². The van der Waals surface area contributed by atoms with Crippen molar-refractivity contribution in [2.45, 2.75) is 24.4 Å². The highest BCUT2D eigenvalue weighted by Crippen LogP contribution is 2.24. The van der Waals surface area contributed by atoms with Gasteiger partial charge in [-0.2, -0.15) is 0 Å². The van der Waals surface area contributed by atoms with E-state index in [1.165, 1.54) is 30.6 Å². The summed E-state index contributed by atoms with van der Waals surface area (Å²) in [6, 6.07) is 4.23. The fourth-order valence-corrected chi connectivity index (χ4v) is 3.86. The summed E-state index contributed by atoms with van der Waals surface area (Å²) >= 11 is 1.40. The van der Waals surface area contributed by atoms with E-state index in [1.54, 1.807) is 24.6 Å². The monoisotopic (exact) mass is 327 g/mol. The minimum absolute atomic E-state index is 0.159. The lowest BCUT2D eigenvalue weighted by molar-refractivity contribution is 0.409. The van der Waals surface area contributed by atoms with Crippen LogP contribution >= 0.6 is 11.3 Å². The predicted octanol–water partition coefficient (Wildman–Crippen LogP) is 1.65. The van der Waals surface area contributed by atoms with Crippen molar-refractivity contribution in [3.63, 3.8) is 0 Å². The number of nitrogens with zero attached hydrogens (tertiary/aromatic N) is 1. The number of hydrogen-bond acceptors (Lipinski definition) is 6. The Labute approximate surface area is 128 Å². The Morgan fingerprint density at radius 1 is 1.48 bits per heavy atom.